The molecule has 1 aromatic carbocycles. The molecule has 0 aromatic heterocycles. The number of carbonyl (C=O) groups is 2. The van der Waals surface area contributed by atoms with E-state index in [1.807, 2.05) is 0 Å². The number of nitrogens with zero attached hydrogens (tertiary/aromatic N) is 1. The van der Waals surface area contributed by atoms with E-state index < -0.39 is 28.6 Å². The van der Waals surface area contributed by atoms with Gasteiger partial charge in [-0.05, 0) is 29.9 Å². The highest BCUT2D eigenvalue weighted by atomic mass is 35.5. The molecule has 0 atom stereocenters. The van der Waals surface area contributed by atoms with Crippen LogP contribution < -0.4 is 5.32 Å². The van der Waals surface area contributed by atoms with Crippen LogP contribution in [0.2, 0.25) is 5.02 Å². The van der Waals surface area contributed by atoms with E-state index in [1.54, 1.807) is 0 Å². The van der Waals surface area contributed by atoms with Gasteiger partial charge in [0.25, 0.3) is 11.8 Å². The van der Waals surface area contributed by atoms with Crippen molar-refractivity contribution >= 4 is 46.8 Å². The lowest BCUT2D eigenvalue weighted by Gasteiger charge is -2.27. The Balaban J connectivity index is 2.50. The molecular weight excluding hydrogens is 365 g/mol. The van der Waals surface area contributed by atoms with Crippen LogP contribution in [0.3, 0.4) is 0 Å². The van der Waals surface area contributed by atoms with Gasteiger partial charge in [-0.1, -0.05) is 29.8 Å². The lowest BCUT2D eigenvalue weighted by atomic mass is 10.0. The van der Waals surface area contributed by atoms with Crippen molar-refractivity contribution in [2.45, 2.75) is 6.18 Å². The summed E-state index contributed by atoms with van der Waals surface area (Å²) >= 11 is 10.7. The van der Waals surface area contributed by atoms with Gasteiger partial charge in [0.05, 0.1) is 10.6 Å². The molecule has 2 amide bonds. The monoisotopic (exact) mass is 374 g/mol. The lowest BCUT2D eigenvalue weighted by Crippen LogP contribution is -2.53. The van der Waals surface area contributed by atoms with Crippen LogP contribution >= 0.6 is 23.8 Å². The smallest absolute Gasteiger partial charge is 0.298 e. The van der Waals surface area contributed by atoms with Gasteiger partial charge in [0.2, 0.25) is 0 Å². The Morgan fingerprint density at radius 3 is 2.58 bits per heavy atom. The molecule has 1 aliphatic rings. The highest BCUT2D eigenvalue weighted by molar-refractivity contribution is 7.80. The average Bonchev–Trinajstić information content (AvgIpc) is 2.48. The number of alkyl halides is 3. The Labute approximate surface area is 145 Å². The summed E-state index contributed by atoms with van der Waals surface area (Å²) in [5, 5.41) is 1.60. The van der Waals surface area contributed by atoms with E-state index >= 15 is 0 Å². The van der Waals surface area contributed by atoms with Crippen LogP contribution in [-0.2, 0) is 15.8 Å². The van der Waals surface area contributed by atoms with E-state index in [0.29, 0.717) is 0 Å². The number of rotatable bonds is 3. The molecule has 4 nitrogen and oxygen atoms in total. The molecule has 1 fully saturated rings. The SMILES string of the molecule is C=CCN1C(=O)/C(=C/c2cccc(C(F)(F)F)c2Cl)C(=O)NC1=S. The van der Waals surface area contributed by atoms with E-state index in [0.717, 1.165) is 23.1 Å². The van der Waals surface area contributed by atoms with Gasteiger partial charge in [-0.2, -0.15) is 13.2 Å². The first-order chi connectivity index (χ1) is 11.2. The summed E-state index contributed by atoms with van der Waals surface area (Å²) in [7, 11) is 0. The number of hydrogen-bond acceptors (Lipinski definition) is 3. The standard InChI is InChI=1S/C15H10ClF3N2O2S/c1-2-6-21-13(23)9(12(22)20-14(21)24)7-8-4-3-5-10(11(8)16)15(17,18)19/h2-5,7H,1,6H2,(H,20,22,24)/b9-7+. The maximum Gasteiger partial charge on any atom is 0.417 e. The zero-order valence-electron chi connectivity index (χ0n) is 12.0. The van der Waals surface area contributed by atoms with E-state index in [2.05, 4.69) is 11.9 Å². The third-order valence-corrected chi connectivity index (χ3v) is 3.88. The van der Waals surface area contributed by atoms with E-state index in [9.17, 15) is 22.8 Å². The summed E-state index contributed by atoms with van der Waals surface area (Å²) in [6.07, 6.45) is -2.25. The van der Waals surface area contributed by atoms with Crippen LogP contribution in [0, 0.1) is 0 Å². The van der Waals surface area contributed by atoms with Gasteiger partial charge in [-0.25, -0.2) is 0 Å². The van der Waals surface area contributed by atoms with Crippen LogP contribution in [0.25, 0.3) is 6.08 Å². The summed E-state index contributed by atoms with van der Waals surface area (Å²) < 4.78 is 38.7. The summed E-state index contributed by atoms with van der Waals surface area (Å²) in [5.41, 5.74) is -1.52. The normalized spacial score (nSPS) is 17.2. The Bertz CT molecular complexity index is 774. The average molecular weight is 375 g/mol. The number of benzene rings is 1. The van der Waals surface area contributed by atoms with Crippen molar-refractivity contribution in [1.29, 1.82) is 0 Å². The van der Waals surface area contributed by atoms with Crippen LogP contribution in [0.15, 0.2) is 36.4 Å². The van der Waals surface area contributed by atoms with E-state index in [1.165, 1.54) is 12.1 Å². The molecule has 1 aromatic rings. The van der Waals surface area contributed by atoms with Gasteiger partial charge in [0.15, 0.2) is 5.11 Å². The van der Waals surface area contributed by atoms with Crippen LogP contribution in [-0.4, -0.2) is 28.4 Å². The molecule has 0 radical (unpaired) electrons. The van der Waals surface area contributed by atoms with Crippen molar-refractivity contribution in [3.8, 4) is 0 Å². The number of halogens is 4. The first-order valence-corrected chi connectivity index (χ1v) is 7.31. The quantitative estimate of drug-likeness (QED) is 0.382. The summed E-state index contributed by atoms with van der Waals surface area (Å²) in [6, 6.07) is 3.22. The molecule has 0 spiro atoms. The fraction of sp³-hybridized carbons (Fsp3) is 0.133. The van der Waals surface area contributed by atoms with Crippen LogP contribution in [0.4, 0.5) is 13.2 Å². The highest BCUT2D eigenvalue weighted by Gasteiger charge is 2.35. The Morgan fingerprint density at radius 1 is 1.33 bits per heavy atom. The largest absolute Gasteiger partial charge is 0.417 e. The number of amides is 2. The summed E-state index contributed by atoms with van der Waals surface area (Å²) in [4.78, 5) is 25.4. The fourth-order valence-corrected chi connectivity index (χ4v) is 2.56. The molecule has 1 saturated heterocycles. The highest BCUT2D eigenvalue weighted by Crippen LogP contribution is 2.37. The Morgan fingerprint density at radius 2 is 2.00 bits per heavy atom. The molecule has 1 heterocycles. The van der Waals surface area contributed by atoms with Gasteiger partial charge in [0, 0.05) is 6.54 Å². The maximum atomic E-state index is 12.9. The maximum absolute atomic E-state index is 12.9. The third kappa shape index (κ3) is 3.49. The summed E-state index contributed by atoms with van der Waals surface area (Å²) in [5.74, 6) is -1.55. The molecule has 126 valence electrons. The fourth-order valence-electron chi connectivity index (χ4n) is 2.02. The zero-order chi connectivity index (χ0) is 18.1. The van der Waals surface area contributed by atoms with Crippen LogP contribution in [0.1, 0.15) is 11.1 Å². The second kappa shape index (κ2) is 6.74. The third-order valence-electron chi connectivity index (χ3n) is 3.13. The lowest BCUT2D eigenvalue weighted by molar-refractivity contribution is -0.137. The van der Waals surface area contributed by atoms with Gasteiger partial charge < -0.3 is 0 Å². The molecule has 24 heavy (non-hydrogen) atoms. The molecule has 1 aliphatic heterocycles. The van der Waals surface area contributed by atoms with Gasteiger partial charge in [-0.15, -0.1) is 6.58 Å². The number of thiocarbonyl (C=S) groups is 1. The molecule has 0 aliphatic carbocycles. The molecule has 0 saturated carbocycles. The predicted molar refractivity (Wildman–Crippen MR) is 87.1 cm³/mol. The molecule has 0 unspecified atom stereocenters. The van der Waals surface area contributed by atoms with E-state index in [4.69, 9.17) is 23.8 Å². The van der Waals surface area contributed by atoms with Crippen molar-refractivity contribution in [3.05, 3.63) is 52.6 Å². The topological polar surface area (TPSA) is 49.4 Å². The molecule has 1 N–H and O–H groups in total. The van der Waals surface area contributed by atoms with E-state index in [-0.39, 0.29) is 22.8 Å². The minimum Gasteiger partial charge on any atom is -0.298 e. The van der Waals surface area contributed by atoms with Crippen molar-refractivity contribution < 1.29 is 22.8 Å². The van der Waals surface area contributed by atoms with Gasteiger partial charge in [-0.3, -0.25) is 19.8 Å². The number of nitrogens with one attached hydrogen (secondary N) is 1. The van der Waals surface area contributed by atoms with Gasteiger partial charge >= 0.3 is 6.18 Å². The Kier molecular flexibility index (Phi) is 5.10. The van der Waals surface area contributed by atoms with Crippen LogP contribution in [0.5, 0.6) is 0 Å². The molecular formula is C15H10ClF3N2O2S. The second-order valence-electron chi connectivity index (χ2n) is 4.73. The molecule has 9 heteroatoms. The first kappa shape index (κ1) is 18.2. The van der Waals surface area contributed by atoms with Crippen molar-refractivity contribution in [2.75, 3.05) is 6.54 Å². The van der Waals surface area contributed by atoms with Crippen molar-refractivity contribution in [1.82, 2.24) is 10.2 Å². The minimum absolute atomic E-state index is 0.0472. The summed E-state index contributed by atoms with van der Waals surface area (Å²) in [6.45, 7) is 3.52. The van der Waals surface area contributed by atoms with Gasteiger partial charge in [0.1, 0.15) is 5.57 Å². The molecule has 2 rings (SSSR count). The number of carbonyl (C=O) groups excluding carboxylic acids is 2. The predicted octanol–water partition coefficient (Wildman–Crippen LogP) is 3.17. The number of hydrogen-bond donors (Lipinski definition) is 1. The van der Waals surface area contributed by atoms with Crippen molar-refractivity contribution in [2.24, 2.45) is 0 Å². The molecule has 0 bridgehead atoms. The first-order valence-electron chi connectivity index (χ1n) is 6.52. The minimum atomic E-state index is -4.65. The Hall–Kier alpha value is -2.19. The second-order valence-corrected chi connectivity index (χ2v) is 5.49. The zero-order valence-corrected chi connectivity index (χ0v) is 13.6. The van der Waals surface area contributed by atoms with Crippen molar-refractivity contribution in [3.63, 3.8) is 0 Å².